The third kappa shape index (κ3) is 12.8. The van der Waals surface area contributed by atoms with Crippen LogP contribution in [0.3, 0.4) is 0 Å². The molecule has 0 aliphatic carbocycles. The number of rotatable bonds is 17. The van der Waals surface area contributed by atoms with E-state index in [4.69, 9.17) is 23.2 Å². The van der Waals surface area contributed by atoms with Crippen molar-refractivity contribution in [3.8, 4) is 6.07 Å². The lowest BCUT2D eigenvalue weighted by Gasteiger charge is -2.24. The van der Waals surface area contributed by atoms with Crippen molar-refractivity contribution in [3.05, 3.63) is 105 Å². The highest BCUT2D eigenvalue weighted by Gasteiger charge is 2.26. The maximum absolute atomic E-state index is 13.8. The van der Waals surface area contributed by atoms with Gasteiger partial charge in [0.25, 0.3) is 0 Å². The zero-order valence-electron chi connectivity index (χ0n) is 26.1. The summed E-state index contributed by atoms with van der Waals surface area (Å²) in [7, 11) is 3.98. The van der Waals surface area contributed by atoms with Crippen molar-refractivity contribution in [3.63, 3.8) is 0 Å². The van der Waals surface area contributed by atoms with Gasteiger partial charge in [0.15, 0.2) is 0 Å². The molecular weight excluding hydrogens is 628 g/mol. The number of nitrogens with zero attached hydrogens (tertiary/aromatic N) is 2. The third-order valence-electron chi connectivity index (χ3n) is 7.38. The summed E-state index contributed by atoms with van der Waals surface area (Å²) >= 11 is 12.5. The predicted octanol–water partition coefficient (Wildman–Crippen LogP) is 5.24. The first-order valence-electron chi connectivity index (χ1n) is 15.2. The first-order valence-corrected chi connectivity index (χ1v) is 16.0. The van der Waals surface area contributed by atoms with Crippen molar-refractivity contribution in [2.45, 2.75) is 57.0 Å². The number of carbonyl (C=O) groups excluding carboxylic acids is 3. The second-order valence-electron chi connectivity index (χ2n) is 11.4. The molecule has 2 atom stereocenters. The predicted molar refractivity (Wildman–Crippen MR) is 179 cm³/mol. The standard InChI is InChI=1S/C35H40Cl2FN5O3/c1-43(2)18-6-5-17-40-34(45)22-30(19-24-9-14-29(38)15-10-24)41-35(46)32(20-26-11-13-28(36)21-31(26)37)42-33(44)16-12-25-7-3-4-8-27(25)23-39/h3-4,7-11,13-15,21,30,32H,5-6,12,16-20,22H2,1-2H3,(H,40,45)(H,41,46)(H,42,44)/t30-,32+/m0/s1. The number of benzene rings is 3. The van der Waals surface area contributed by atoms with Crippen LogP contribution >= 0.6 is 23.2 Å². The minimum atomic E-state index is -1.03. The van der Waals surface area contributed by atoms with Crippen LogP contribution in [-0.4, -0.2) is 61.9 Å². The van der Waals surface area contributed by atoms with Crippen LogP contribution in [0.4, 0.5) is 4.39 Å². The van der Waals surface area contributed by atoms with Crippen LogP contribution in [-0.2, 0) is 33.6 Å². The number of hydrogen-bond acceptors (Lipinski definition) is 5. The molecule has 0 aromatic heterocycles. The van der Waals surface area contributed by atoms with Crippen LogP contribution in [0.5, 0.6) is 0 Å². The van der Waals surface area contributed by atoms with Gasteiger partial charge in [-0.3, -0.25) is 14.4 Å². The van der Waals surface area contributed by atoms with Crippen molar-refractivity contribution in [1.29, 1.82) is 5.26 Å². The quantitative estimate of drug-likeness (QED) is 0.170. The lowest BCUT2D eigenvalue weighted by molar-refractivity contribution is -0.130. The van der Waals surface area contributed by atoms with Gasteiger partial charge in [-0.15, -0.1) is 0 Å². The highest BCUT2D eigenvalue weighted by atomic mass is 35.5. The van der Waals surface area contributed by atoms with Gasteiger partial charge in [-0.05, 0) is 93.3 Å². The van der Waals surface area contributed by atoms with Crippen molar-refractivity contribution < 1.29 is 18.8 Å². The largest absolute Gasteiger partial charge is 0.356 e. The van der Waals surface area contributed by atoms with Crippen LogP contribution < -0.4 is 16.0 Å². The highest BCUT2D eigenvalue weighted by molar-refractivity contribution is 6.35. The van der Waals surface area contributed by atoms with Crippen LogP contribution in [0.1, 0.15) is 47.9 Å². The molecule has 8 nitrogen and oxygen atoms in total. The Balaban J connectivity index is 1.75. The molecule has 11 heteroatoms. The van der Waals surface area contributed by atoms with E-state index in [0.29, 0.717) is 34.1 Å². The zero-order chi connectivity index (χ0) is 33.5. The molecule has 3 amide bonds. The normalized spacial score (nSPS) is 12.2. The molecule has 3 aromatic rings. The fourth-order valence-electron chi connectivity index (χ4n) is 4.94. The van der Waals surface area contributed by atoms with Crippen LogP contribution in [0.2, 0.25) is 10.0 Å². The molecule has 0 aliphatic rings. The topological polar surface area (TPSA) is 114 Å². The van der Waals surface area contributed by atoms with Gasteiger partial charge in [0.1, 0.15) is 11.9 Å². The zero-order valence-corrected chi connectivity index (χ0v) is 27.6. The SMILES string of the molecule is CN(C)CCCCNC(=O)C[C@H](Cc1ccc(F)cc1)NC(=O)[C@@H](Cc1ccc(Cl)cc1Cl)NC(=O)CCc1ccccc1C#N. The van der Waals surface area contributed by atoms with Crippen molar-refractivity contribution in [2.24, 2.45) is 0 Å². The van der Waals surface area contributed by atoms with E-state index < -0.39 is 18.0 Å². The minimum Gasteiger partial charge on any atom is -0.356 e. The summed E-state index contributed by atoms with van der Waals surface area (Å²) in [6, 6.07) is 18.3. The molecule has 0 saturated heterocycles. The van der Waals surface area contributed by atoms with E-state index in [2.05, 4.69) is 26.9 Å². The summed E-state index contributed by atoms with van der Waals surface area (Å²) in [5.74, 6) is -1.50. The Morgan fingerprint density at radius 1 is 0.913 bits per heavy atom. The van der Waals surface area contributed by atoms with E-state index >= 15 is 0 Å². The molecule has 0 saturated carbocycles. The second-order valence-corrected chi connectivity index (χ2v) is 12.3. The molecule has 244 valence electrons. The third-order valence-corrected chi connectivity index (χ3v) is 7.96. The molecule has 0 spiro atoms. The molecule has 0 heterocycles. The average Bonchev–Trinajstić information content (AvgIpc) is 3.01. The number of nitrogens with one attached hydrogen (secondary N) is 3. The van der Waals surface area contributed by atoms with Gasteiger partial charge < -0.3 is 20.9 Å². The van der Waals surface area contributed by atoms with Gasteiger partial charge in [0, 0.05) is 41.9 Å². The number of carbonyl (C=O) groups is 3. The number of amides is 3. The van der Waals surface area contributed by atoms with Crippen LogP contribution in [0.25, 0.3) is 0 Å². The summed E-state index contributed by atoms with van der Waals surface area (Å²) in [6.45, 7) is 1.42. The van der Waals surface area contributed by atoms with Gasteiger partial charge in [-0.2, -0.15) is 5.26 Å². The molecule has 3 N–H and O–H groups in total. The Hall–Kier alpha value is -3.97. The molecule has 0 bridgehead atoms. The van der Waals surface area contributed by atoms with Gasteiger partial charge in [0.2, 0.25) is 17.7 Å². The Labute approximate surface area is 280 Å². The van der Waals surface area contributed by atoms with Crippen molar-refractivity contribution >= 4 is 40.9 Å². The highest BCUT2D eigenvalue weighted by Crippen LogP contribution is 2.22. The lowest BCUT2D eigenvalue weighted by Crippen LogP contribution is -2.52. The number of aryl methyl sites for hydroxylation is 1. The molecule has 46 heavy (non-hydrogen) atoms. The first kappa shape index (κ1) is 36.5. The van der Waals surface area contributed by atoms with E-state index in [1.54, 1.807) is 54.6 Å². The number of hydrogen-bond donors (Lipinski definition) is 3. The molecule has 0 unspecified atom stereocenters. The first-order chi connectivity index (χ1) is 22.0. The van der Waals surface area contributed by atoms with E-state index in [0.717, 1.165) is 30.5 Å². The number of halogens is 3. The van der Waals surface area contributed by atoms with Crippen LogP contribution in [0, 0.1) is 17.1 Å². The summed E-state index contributed by atoms with van der Waals surface area (Å²) in [4.78, 5) is 41.9. The molecule has 3 rings (SSSR count). The maximum atomic E-state index is 13.8. The maximum Gasteiger partial charge on any atom is 0.243 e. The van der Waals surface area contributed by atoms with Gasteiger partial charge >= 0.3 is 0 Å². The van der Waals surface area contributed by atoms with Gasteiger partial charge in [-0.25, -0.2) is 4.39 Å². The Bertz CT molecular complexity index is 1510. The van der Waals surface area contributed by atoms with Crippen molar-refractivity contribution in [1.82, 2.24) is 20.9 Å². The fraction of sp³-hybridized carbons (Fsp3) is 0.371. The molecule has 3 aromatic carbocycles. The second kappa shape index (κ2) is 18.9. The van der Waals surface area contributed by atoms with E-state index in [1.165, 1.54) is 12.1 Å². The molecular formula is C35H40Cl2FN5O3. The smallest absolute Gasteiger partial charge is 0.243 e. The van der Waals surface area contributed by atoms with Crippen molar-refractivity contribution in [2.75, 3.05) is 27.2 Å². The molecule has 0 aliphatic heterocycles. The Morgan fingerprint density at radius 2 is 1.65 bits per heavy atom. The van der Waals surface area contributed by atoms with Crippen LogP contribution in [0.15, 0.2) is 66.7 Å². The number of unbranched alkanes of at least 4 members (excludes halogenated alkanes) is 1. The summed E-state index contributed by atoms with van der Waals surface area (Å²) in [5, 5.41) is 18.9. The molecule has 0 radical (unpaired) electrons. The Morgan fingerprint density at radius 3 is 2.35 bits per heavy atom. The summed E-state index contributed by atoms with van der Waals surface area (Å²) in [6.07, 6.45) is 2.44. The van der Waals surface area contributed by atoms with Gasteiger partial charge in [-0.1, -0.05) is 59.6 Å². The fourth-order valence-corrected chi connectivity index (χ4v) is 5.42. The lowest BCUT2D eigenvalue weighted by atomic mass is 10.00. The number of nitriles is 1. The monoisotopic (exact) mass is 667 g/mol. The molecule has 0 fully saturated rings. The van der Waals surface area contributed by atoms with E-state index in [1.807, 2.05) is 14.1 Å². The summed E-state index contributed by atoms with van der Waals surface area (Å²) < 4.78 is 13.6. The average molecular weight is 669 g/mol. The Kier molecular flexibility index (Phi) is 15.0. The van der Waals surface area contributed by atoms with E-state index in [9.17, 15) is 24.0 Å². The summed E-state index contributed by atoms with van der Waals surface area (Å²) in [5.41, 5.74) is 2.56. The van der Waals surface area contributed by atoms with Gasteiger partial charge in [0.05, 0.1) is 11.6 Å². The van der Waals surface area contributed by atoms with E-state index in [-0.39, 0.29) is 43.3 Å². The minimum absolute atomic E-state index is 0.00981.